The molecule has 2 rings (SSSR count). The highest BCUT2D eigenvalue weighted by molar-refractivity contribution is 6.62. The van der Waals surface area contributed by atoms with Gasteiger partial charge < -0.3 is 14.4 Å². The minimum Gasteiger partial charge on any atom is -0.478 e. The molecule has 1 aromatic rings. The molecule has 1 aromatic carbocycles. The van der Waals surface area contributed by atoms with Crippen LogP contribution in [-0.2, 0) is 9.31 Å². The van der Waals surface area contributed by atoms with E-state index >= 15 is 0 Å². The van der Waals surface area contributed by atoms with Crippen LogP contribution in [0.25, 0.3) is 0 Å². The van der Waals surface area contributed by atoms with Gasteiger partial charge in [-0.3, -0.25) is 0 Å². The maximum Gasteiger partial charge on any atom is 0.494 e. The van der Waals surface area contributed by atoms with E-state index in [9.17, 15) is 4.79 Å². The lowest BCUT2D eigenvalue weighted by Gasteiger charge is -2.15. The predicted octanol–water partition coefficient (Wildman–Crippen LogP) is 0.905. The Morgan fingerprint density at radius 3 is 2.81 bits per heavy atom. The van der Waals surface area contributed by atoms with Gasteiger partial charge in [-0.2, -0.15) is 0 Å². The van der Waals surface area contributed by atoms with Crippen molar-refractivity contribution >= 4 is 18.6 Å². The smallest absolute Gasteiger partial charge is 0.478 e. The molecule has 0 saturated carbocycles. The molecule has 0 atom stereocenters. The van der Waals surface area contributed by atoms with E-state index in [1.54, 1.807) is 24.3 Å². The average Bonchev–Trinajstić information content (AvgIpc) is 2.59. The fourth-order valence-corrected chi connectivity index (χ4v) is 1.62. The third-order valence-corrected chi connectivity index (χ3v) is 2.41. The predicted molar refractivity (Wildman–Crippen MR) is 59.9 cm³/mol. The van der Waals surface area contributed by atoms with Crippen LogP contribution in [0.1, 0.15) is 24.2 Å². The number of hydrogen-bond acceptors (Lipinski definition) is 3. The van der Waals surface area contributed by atoms with E-state index in [-0.39, 0.29) is 11.2 Å². The molecular weight excluding hydrogens is 207 g/mol. The topological polar surface area (TPSA) is 55.8 Å². The molecule has 4 nitrogen and oxygen atoms in total. The van der Waals surface area contributed by atoms with Crippen LogP contribution in [0.4, 0.5) is 0 Å². The third-order valence-electron chi connectivity index (χ3n) is 2.41. The summed E-state index contributed by atoms with van der Waals surface area (Å²) in [5.41, 5.74) is 0.670. The number of carboxylic acids is 1. The van der Waals surface area contributed by atoms with E-state index in [4.69, 9.17) is 14.4 Å². The van der Waals surface area contributed by atoms with Crippen molar-refractivity contribution < 1.29 is 19.2 Å². The van der Waals surface area contributed by atoms with Crippen molar-refractivity contribution in [2.24, 2.45) is 0 Å². The second-order valence-electron chi connectivity index (χ2n) is 4.45. The first-order valence-electron chi connectivity index (χ1n) is 5.11. The van der Waals surface area contributed by atoms with Crippen molar-refractivity contribution in [2.75, 3.05) is 6.61 Å². The zero-order valence-electron chi connectivity index (χ0n) is 9.27. The highest BCUT2D eigenvalue weighted by Gasteiger charge is 2.38. The molecule has 1 heterocycles. The van der Waals surface area contributed by atoms with Crippen LogP contribution in [-0.4, -0.2) is 30.4 Å². The summed E-state index contributed by atoms with van der Waals surface area (Å²) in [6.45, 7) is 4.39. The third kappa shape index (κ3) is 2.26. The van der Waals surface area contributed by atoms with Gasteiger partial charge in [0.2, 0.25) is 0 Å². The molecule has 0 amide bonds. The van der Waals surface area contributed by atoms with Gasteiger partial charge in [-0.15, -0.1) is 0 Å². The van der Waals surface area contributed by atoms with Crippen molar-refractivity contribution in [3.05, 3.63) is 29.8 Å². The maximum absolute atomic E-state index is 10.8. The normalized spacial score (nSPS) is 18.8. The lowest BCUT2D eigenvalue weighted by atomic mass is 9.78. The number of hydrogen-bond donors (Lipinski definition) is 1. The highest BCUT2D eigenvalue weighted by atomic mass is 16.7. The minimum atomic E-state index is -0.945. The summed E-state index contributed by atoms with van der Waals surface area (Å²) in [6, 6.07) is 6.62. The van der Waals surface area contributed by atoms with Crippen molar-refractivity contribution in [3.63, 3.8) is 0 Å². The fraction of sp³-hybridized carbons (Fsp3) is 0.364. The molecule has 1 aliphatic rings. The minimum absolute atomic E-state index is 0.245. The number of rotatable bonds is 2. The molecule has 0 spiro atoms. The molecule has 0 unspecified atom stereocenters. The molecule has 1 aliphatic heterocycles. The largest absolute Gasteiger partial charge is 0.494 e. The highest BCUT2D eigenvalue weighted by Crippen LogP contribution is 2.19. The molecular formula is C11H13BO4. The van der Waals surface area contributed by atoms with Crippen LogP contribution >= 0.6 is 0 Å². The number of benzene rings is 1. The summed E-state index contributed by atoms with van der Waals surface area (Å²) in [5, 5.41) is 8.87. The Morgan fingerprint density at radius 2 is 2.25 bits per heavy atom. The fourth-order valence-electron chi connectivity index (χ4n) is 1.62. The van der Waals surface area contributed by atoms with Crippen LogP contribution in [0.2, 0.25) is 0 Å². The van der Waals surface area contributed by atoms with E-state index in [0.717, 1.165) is 5.46 Å². The SMILES string of the molecule is CC1(C)COB(c2cccc(C(=O)O)c2)O1. The Hall–Kier alpha value is -1.33. The van der Waals surface area contributed by atoms with Crippen LogP contribution in [0.15, 0.2) is 24.3 Å². The molecule has 1 fully saturated rings. The Bertz CT molecular complexity index is 416. The molecule has 1 N–H and O–H groups in total. The lowest BCUT2D eigenvalue weighted by Crippen LogP contribution is -2.34. The van der Waals surface area contributed by atoms with Crippen molar-refractivity contribution in [1.82, 2.24) is 0 Å². The first kappa shape index (κ1) is 11.2. The molecule has 16 heavy (non-hydrogen) atoms. The van der Waals surface area contributed by atoms with Gasteiger partial charge in [0.15, 0.2) is 0 Å². The standard InChI is InChI=1S/C11H13BO4/c1-11(2)7-15-12(16-11)9-5-3-4-8(6-9)10(13)14/h3-6H,7H2,1-2H3,(H,13,14). The van der Waals surface area contributed by atoms with Crippen molar-refractivity contribution in [2.45, 2.75) is 19.4 Å². The van der Waals surface area contributed by atoms with Crippen LogP contribution in [0.5, 0.6) is 0 Å². The molecule has 1 saturated heterocycles. The van der Waals surface area contributed by atoms with Crippen LogP contribution < -0.4 is 5.46 Å². The van der Waals surface area contributed by atoms with E-state index in [0.29, 0.717) is 6.61 Å². The molecule has 0 aliphatic carbocycles. The maximum atomic E-state index is 10.8. The van der Waals surface area contributed by atoms with Crippen molar-refractivity contribution in [1.29, 1.82) is 0 Å². The zero-order valence-corrected chi connectivity index (χ0v) is 9.27. The first-order valence-corrected chi connectivity index (χ1v) is 5.11. The van der Waals surface area contributed by atoms with Gasteiger partial charge in [0, 0.05) is 0 Å². The number of carboxylic acid groups (broad SMARTS) is 1. The first-order chi connectivity index (χ1) is 7.48. The molecule has 0 bridgehead atoms. The molecule has 0 radical (unpaired) electrons. The number of aromatic carboxylic acids is 1. The molecule has 84 valence electrons. The zero-order chi connectivity index (χ0) is 11.8. The van der Waals surface area contributed by atoms with Crippen molar-refractivity contribution in [3.8, 4) is 0 Å². The second kappa shape index (κ2) is 3.92. The summed E-state index contributed by atoms with van der Waals surface area (Å²) in [5.74, 6) is -0.945. The molecule has 5 heteroatoms. The Morgan fingerprint density at radius 1 is 1.50 bits per heavy atom. The van der Waals surface area contributed by atoms with E-state index < -0.39 is 13.1 Å². The Labute approximate surface area is 94.3 Å². The number of carbonyl (C=O) groups is 1. The van der Waals surface area contributed by atoms with Gasteiger partial charge >= 0.3 is 13.1 Å². The van der Waals surface area contributed by atoms with Crippen LogP contribution in [0.3, 0.4) is 0 Å². The van der Waals surface area contributed by atoms with E-state index in [1.165, 1.54) is 0 Å². The van der Waals surface area contributed by atoms with Gasteiger partial charge in [-0.25, -0.2) is 4.79 Å². The second-order valence-corrected chi connectivity index (χ2v) is 4.45. The van der Waals surface area contributed by atoms with Gasteiger partial charge in [-0.05, 0) is 31.4 Å². The molecule has 0 aromatic heterocycles. The summed E-state index contributed by atoms with van der Waals surface area (Å²) < 4.78 is 11.1. The van der Waals surface area contributed by atoms with E-state index in [2.05, 4.69) is 0 Å². The summed E-state index contributed by atoms with van der Waals surface area (Å²) in [7, 11) is -0.464. The Kier molecular flexibility index (Phi) is 2.74. The van der Waals surface area contributed by atoms with Gasteiger partial charge in [0.25, 0.3) is 0 Å². The monoisotopic (exact) mass is 220 g/mol. The summed E-state index contributed by atoms with van der Waals surface area (Å²) in [6.07, 6.45) is 0. The van der Waals surface area contributed by atoms with Crippen LogP contribution in [0, 0.1) is 0 Å². The van der Waals surface area contributed by atoms with Gasteiger partial charge in [-0.1, -0.05) is 12.1 Å². The van der Waals surface area contributed by atoms with E-state index in [1.807, 2.05) is 13.8 Å². The summed E-state index contributed by atoms with van der Waals surface area (Å²) >= 11 is 0. The average molecular weight is 220 g/mol. The van der Waals surface area contributed by atoms with Gasteiger partial charge in [0.05, 0.1) is 17.8 Å². The summed E-state index contributed by atoms with van der Waals surface area (Å²) in [4.78, 5) is 10.8. The quantitative estimate of drug-likeness (QED) is 0.752. The lowest BCUT2D eigenvalue weighted by molar-refractivity contribution is 0.0697. The Balaban J connectivity index is 2.22. The van der Waals surface area contributed by atoms with Gasteiger partial charge in [0.1, 0.15) is 0 Å².